The van der Waals surface area contributed by atoms with Crippen LogP contribution in [0.2, 0.25) is 0 Å². The van der Waals surface area contributed by atoms with Crippen LogP contribution in [0.15, 0.2) is 42.5 Å². The zero-order valence-electron chi connectivity index (χ0n) is 14.7. The van der Waals surface area contributed by atoms with Gasteiger partial charge in [-0.05, 0) is 38.1 Å². The van der Waals surface area contributed by atoms with Crippen molar-refractivity contribution in [2.75, 3.05) is 19.7 Å². The highest BCUT2D eigenvalue weighted by Gasteiger charge is 2.26. The lowest BCUT2D eigenvalue weighted by Gasteiger charge is -2.31. The van der Waals surface area contributed by atoms with Crippen molar-refractivity contribution in [1.29, 1.82) is 0 Å². The van der Waals surface area contributed by atoms with E-state index >= 15 is 0 Å². The molecule has 1 heterocycles. The zero-order valence-corrected chi connectivity index (χ0v) is 14.7. The number of carbonyl (C=O) groups excluding carboxylic acids is 1. The maximum atomic E-state index is 12.8. The van der Waals surface area contributed by atoms with E-state index in [0.29, 0.717) is 42.3 Å². The van der Waals surface area contributed by atoms with Gasteiger partial charge in [0, 0.05) is 23.7 Å². The molecule has 1 aliphatic rings. The van der Waals surface area contributed by atoms with Gasteiger partial charge in [0.05, 0.1) is 11.5 Å². The van der Waals surface area contributed by atoms with Crippen LogP contribution < -0.4 is 9.47 Å². The van der Waals surface area contributed by atoms with Crippen LogP contribution in [0.1, 0.15) is 22.8 Å². The van der Waals surface area contributed by atoms with Gasteiger partial charge in [0.25, 0.3) is 11.6 Å². The van der Waals surface area contributed by atoms with Crippen LogP contribution in [-0.2, 0) is 0 Å². The van der Waals surface area contributed by atoms with Crippen LogP contribution in [0.5, 0.6) is 11.5 Å². The number of rotatable bonds is 5. The van der Waals surface area contributed by atoms with Crippen molar-refractivity contribution in [1.82, 2.24) is 4.90 Å². The van der Waals surface area contributed by atoms with Gasteiger partial charge in [-0.25, -0.2) is 0 Å². The number of aryl methyl sites for hydroxylation is 1. The van der Waals surface area contributed by atoms with E-state index in [-0.39, 0.29) is 17.7 Å². The molecule has 0 saturated carbocycles. The summed E-state index contributed by atoms with van der Waals surface area (Å²) >= 11 is 0. The summed E-state index contributed by atoms with van der Waals surface area (Å²) in [6, 6.07) is 11.8. The molecule has 7 heteroatoms. The molecule has 1 aliphatic heterocycles. The van der Waals surface area contributed by atoms with Crippen LogP contribution in [0, 0.1) is 17.0 Å². The number of para-hydroxylation sites is 2. The van der Waals surface area contributed by atoms with E-state index in [4.69, 9.17) is 9.47 Å². The molecule has 0 aliphatic carbocycles. The molecule has 0 fully saturated rings. The lowest BCUT2D eigenvalue weighted by molar-refractivity contribution is -0.385. The Morgan fingerprint density at radius 2 is 2.00 bits per heavy atom. The molecule has 0 unspecified atom stereocenters. The third-order valence-corrected chi connectivity index (χ3v) is 4.30. The van der Waals surface area contributed by atoms with E-state index in [1.54, 1.807) is 17.9 Å². The first-order valence-electron chi connectivity index (χ1n) is 8.42. The molecular weight excluding hydrogens is 336 g/mol. The summed E-state index contributed by atoms with van der Waals surface area (Å²) in [5.41, 5.74) is 0.889. The molecule has 0 aromatic heterocycles. The molecule has 0 N–H and O–H groups in total. The van der Waals surface area contributed by atoms with Gasteiger partial charge >= 0.3 is 0 Å². The lowest BCUT2D eigenvalue weighted by atomic mass is 10.1. The van der Waals surface area contributed by atoms with Gasteiger partial charge < -0.3 is 14.4 Å². The highest BCUT2D eigenvalue weighted by Crippen LogP contribution is 2.31. The van der Waals surface area contributed by atoms with Crippen LogP contribution in [0.3, 0.4) is 0 Å². The highest BCUT2D eigenvalue weighted by molar-refractivity contribution is 5.94. The molecular formula is C19H20N2O5. The molecule has 0 radical (unpaired) electrons. The Morgan fingerprint density at radius 1 is 1.27 bits per heavy atom. The SMILES string of the molecule is CCN(C[C@H]1COc2ccccc2O1)C(=O)c1ccc([N+](=O)[O-])c(C)c1. The maximum absolute atomic E-state index is 12.8. The first-order chi connectivity index (χ1) is 12.5. The number of amides is 1. The number of hydrogen-bond donors (Lipinski definition) is 0. The molecule has 3 rings (SSSR count). The summed E-state index contributed by atoms with van der Waals surface area (Å²) in [7, 11) is 0. The van der Waals surface area contributed by atoms with Crippen LogP contribution in [0.4, 0.5) is 5.69 Å². The summed E-state index contributed by atoms with van der Waals surface area (Å²) in [5, 5.41) is 10.9. The summed E-state index contributed by atoms with van der Waals surface area (Å²) < 4.78 is 11.6. The molecule has 7 nitrogen and oxygen atoms in total. The van der Waals surface area contributed by atoms with Gasteiger partial charge in [-0.3, -0.25) is 14.9 Å². The van der Waals surface area contributed by atoms with E-state index in [0.717, 1.165) is 0 Å². The molecule has 26 heavy (non-hydrogen) atoms. The Morgan fingerprint density at radius 3 is 2.65 bits per heavy atom. The van der Waals surface area contributed by atoms with Crippen LogP contribution in [-0.4, -0.2) is 41.5 Å². The Bertz CT molecular complexity index is 836. The van der Waals surface area contributed by atoms with E-state index in [2.05, 4.69) is 0 Å². The molecule has 2 aromatic carbocycles. The highest BCUT2D eigenvalue weighted by atomic mass is 16.6. The number of fused-ring (bicyclic) bond motifs is 1. The molecule has 1 amide bonds. The minimum atomic E-state index is -0.453. The fraction of sp³-hybridized carbons (Fsp3) is 0.316. The van der Waals surface area contributed by atoms with Crippen molar-refractivity contribution in [2.24, 2.45) is 0 Å². The van der Waals surface area contributed by atoms with Crippen molar-refractivity contribution >= 4 is 11.6 Å². The average molecular weight is 356 g/mol. The first-order valence-corrected chi connectivity index (χ1v) is 8.42. The van der Waals surface area contributed by atoms with E-state index in [9.17, 15) is 14.9 Å². The van der Waals surface area contributed by atoms with Gasteiger partial charge in [0.1, 0.15) is 6.61 Å². The Kier molecular flexibility index (Phi) is 5.06. The third kappa shape index (κ3) is 3.61. The van der Waals surface area contributed by atoms with Gasteiger partial charge in [-0.15, -0.1) is 0 Å². The van der Waals surface area contributed by atoms with Crippen molar-refractivity contribution in [2.45, 2.75) is 20.0 Å². The fourth-order valence-electron chi connectivity index (χ4n) is 2.93. The largest absolute Gasteiger partial charge is 0.486 e. The van der Waals surface area contributed by atoms with E-state index in [1.165, 1.54) is 12.1 Å². The monoisotopic (exact) mass is 356 g/mol. The second-order valence-corrected chi connectivity index (χ2v) is 6.10. The smallest absolute Gasteiger partial charge is 0.272 e. The molecule has 0 spiro atoms. The van der Waals surface area contributed by atoms with Gasteiger partial charge in [0.2, 0.25) is 0 Å². The molecule has 136 valence electrons. The quantitative estimate of drug-likeness (QED) is 0.607. The Labute approximate surface area is 151 Å². The topological polar surface area (TPSA) is 81.9 Å². The second-order valence-electron chi connectivity index (χ2n) is 6.10. The van der Waals surface area contributed by atoms with Crippen molar-refractivity contribution < 1.29 is 19.2 Å². The minimum absolute atomic E-state index is 0.00483. The molecule has 0 saturated heterocycles. The fourth-order valence-corrected chi connectivity index (χ4v) is 2.93. The summed E-state index contributed by atoms with van der Waals surface area (Å²) in [6.45, 7) is 4.74. The Hall–Kier alpha value is -3.09. The number of ether oxygens (including phenoxy) is 2. The number of hydrogen-bond acceptors (Lipinski definition) is 5. The summed E-state index contributed by atoms with van der Waals surface area (Å²) in [5.74, 6) is 1.18. The van der Waals surface area contributed by atoms with Gasteiger partial charge in [-0.1, -0.05) is 12.1 Å². The van der Waals surface area contributed by atoms with Crippen LogP contribution in [0.25, 0.3) is 0 Å². The van der Waals surface area contributed by atoms with Crippen LogP contribution >= 0.6 is 0 Å². The molecule has 0 bridgehead atoms. The first kappa shape index (κ1) is 17.7. The lowest BCUT2D eigenvalue weighted by Crippen LogP contribution is -2.43. The predicted octanol–water partition coefficient (Wildman–Crippen LogP) is 3.21. The minimum Gasteiger partial charge on any atom is -0.486 e. The maximum Gasteiger partial charge on any atom is 0.272 e. The third-order valence-electron chi connectivity index (χ3n) is 4.30. The summed E-state index contributed by atoms with van der Waals surface area (Å²) in [6.07, 6.45) is -0.270. The van der Waals surface area contributed by atoms with Gasteiger partial charge in [-0.2, -0.15) is 0 Å². The predicted molar refractivity (Wildman–Crippen MR) is 95.8 cm³/mol. The van der Waals surface area contributed by atoms with Crippen molar-refractivity contribution in [3.05, 3.63) is 63.7 Å². The second kappa shape index (κ2) is 7.43. The molecule has 2 aromatic rings. The van der Waals surface area contributed by atoms with E-state index in [1.807, 2.05) is 31.2 Å². The average Bonchev–Trinajstić information content (AvgIpc) is 2.65. The Balaban J connectivity index is 1.72. The molecule has 1 atom stereocenters. The van der Waals surface area contributed by atoms with Crippen molar-refractivity contribution in [3.63, 3.8) is 0 Å². The standard InChI is InChI=1S/C19H20N2O5/c1-3-20(11-15-12-25-17-6-4-5-7-18(17)26-15)19(22)14-8-9-16(21(23)24)13(2)10-14/h4-10,15H,3,11-12H2,1-2H3/t15-/m0/s1. The summed E-state index contributed by atoms with van der Waals surface area (Å²) in [4.78, 5) is 24.9. The van der Waals surface area contributed by atoms with Crippen molar-refractivity contribution in [3.8, 4) is 11.5 Å². The number of benzene rings is 2. The number of nitrogens with zero attached hydrogens (tertiary/aromatic N) is 2. The number of nitro groups is 1. The number of nitro benzene ring substituents is 1. The zero-order chi connectivity index (χ0) is 18.7. The number of carbonyl (C=O) groups is 1. The number of likely N-dealkylation sites (N-methyl/N-ethyl adjacent to an activating group) is 1. The normalized spacial score (nSPS) is 15.4. The van der Waals surface area contributed by atoms with E-state index < -0.39 is 4.92 Å². The van der Waals surface area contributed by atoms with Gasteiger partial charge in [0.15, 0.2) is 17.6 Å².